The Morgan fingerprint density at radius 1 is 0.938 bits per heavy atom. The summed E-state index contributed by atoms with van der Waals surface area (Å²) in [7, 11) is 0. The highest BCUT2D eigenvalue weighted by Crippen LogP contribution is 2.41. The molecule has 2 heterocycles. The number of fused-ring (bicyclic) bond motifs is 1. The molecule has 0 amide bonds. The second-order valence-electron chi connectivity index (χ2n) is 6.72. The molecule has 3 rings (SSSR count). The van der Waals surface area contributed by atoms with E-state index in [2.05, 4.69) is 23.6 Å². The molecule has 92 valence electrons. The predicted molar refractivity (Wildman–Crippen MR) is 67.6 cm³/mol. The van der Waals surface area contributed by atoms with Crippen molar-refractivity contribution in [3.8, 4) is 0 Å². The maximum absolute atomic E-state index is 2.82. The van der Waals surface area contributed by atoms with Crippen LogP contribution < -0.4 is 0 Å². The Hall–Kier alpha value is -0.0800. The molecule has 0 aromatic rings. The molecular formula is C14H26N2. The number of piperazine rings is 1. The number of rotatable bonds is 1. The third kappa shape index (κ3) is 1.80. The van der Waals surface area contributed by atoms with Gasteiger partial charge in [0.05, 0.1) is 0 Å². The first-order chi connectivity index (χ1) is 7.67. The van der Waals surface area contributed by atoms with Crippen LogP contribution in [0.25, 0.3) is 0 Å². The summed E-state index contributed by atoms with van der Waals surface area (Å²) in [6.07, 6.45) is 7.21. The van der Waals surface area contributed by atoms with Crippen LogP contribution in [0, 0.1) is 5.41 Å². The minimum Gasteiger partial charge on any atom is -0.298 e. The smallest absolute Gasteiger partial charge is 0.0224 e. The fraction of sp³-hybridized carbons (Fsp3) is 1.00. The molecule has 3 fully saturated rings. The average molecular weight is 222 g/mol. The van der Waals surface area contributed by atoms with E-state index in [1.165, 1.54) is 58.3 Å². The van der Waals surface area contributed by atoms with Crippen LogP contribution in [0.4, 0.5) is 0 Å². The van der Waals surface area contributed by atoms with Crippen LogP contribution in [0.3, 0.4) is 0 Å². The van der Waals surface area contributed by atoms with Crippen LogP contribution in [0.2, 0.25) is 0 Å². The number of hydrogen-bond acceptors (Lipinski definition) is 2. The molecule has 2 unspecified atom stereocenters. The average Bonchev–Trinajstić information content (AvgIpc) is 2.82. The summed E-state index contributed by atoms with van der Waals surface area (Å²) in [4.78, 5) is 5.54. The highest BCUT2D eigenvalue weighted by molar-refractivity contribution is 4.96. The van der Waals surface area contributed by atoms with Crippen LogP contribution in [-0.2, 0) is 0 Å². The van der Waals surface area contributed by atoms with Crippen molar-refractivity contribution in [2.24, 2.45) is 5.41 Å². The van der Waals surface area contributed by atoms with Gasteiger partial charge in [0.1, 0.15) is 0 Å². The van der Waals surface area contributed by atoms with E-state index in [9.17, 15) is 0 Å². The zero-order valence-corrected chi connectivity index (χ0v) is 10.9. The lowest BCUT2D eigenvalue weighted by Gasteiger charge is -2.44. The molecule has 0 spiro atoms. The molecule has 2 saturated heterocycles. The molecule has 2 aliphatic heterocycles. The normalized spacial score (nSPS) is 40.1. The molecule has 0 bridgehead atoms. The van der Waals surface area contributed by atoms with Crippen molar-refractivity contribution in [3.05, 3.63) is 0 Å². The summed E-state index contributed by atoms with van der Waals surface area (Å²) >= 11 is 0. The molecule has 16 heavy (non-hydrogen) atoms. The Kier molecular flexibility index (Phi) is 2.75. The molecule has 3 aliphatic rings. The first-order valence-corrected chi connectivity index (χ1v) is 7.15. The van der Waals surface area contributed by atoms with Crippen LogP contribution in [0.15, 0.2) is 0 Å². The lowest BCUT2D eigenvalue weighted by atomic mass is 9.86. The molecule has 0 aromatic heterocycles. The van der Waals surface area contributed by atoms with Crippen LogP contribution in [-0.4, -0.2) is 48.1 Å². The Balaban J connectivity index is 1.67. The molecule has 1 saturated carbocycles. The topological polar surface area (TPSA) is 6.48 Å². The fourth-order valence-corrected chi connectivity index (χ4v) is 4.28. The van der Waals surface area contributed by atoms with E-state index >= 15 is 0 Å². The number of nitrogens with zero attached hydrogens (tertiary/aromatic N) is 2. The molecule has 0 N–H and O–H groups in total. The van der Waals surface area contributed by atoms with Crippen molar-refractivity contribution < 1.29 is 0 Å². The zero-order valence-electron chi connectivity index (χ0n) is 10.9. The van der Waals surface area contributed by atoms with Crippen molar-refractivity contribution in [1.29, 1.82) is 0 Å². The van der Waals surface area contributed by atoms with Gasteiger partial charge in [0.25, 0.3) is 0 Å². The quantitative estimate of drug-likeness (QED) is 0.672. The fourth-order valence-electron chi connectivity index (χ4n) is 4.28. The maximum Gasteiger partial charge on any atom is 0.0224 e. The third-order valence-electron chi connectivity index (χ3n) is 5.26. The minimum atomic E-state index is 0.570. The first-order valence-electron chi connectivity index (χ1n) is 7.15. The van der Waals surface area contributed by atoms with Crippen LogP contribution in [0.1, 0.15) is 46.0 Å². The van der Waals surface area contributed by atoms with E-state index in [0.717, 1.165) is 12.1 Å². The minimum absolute atomic E-state index is 0.570. The van der Waals surface area contributed by atoms with Crippen molar-refractivity contribution in [2.45, 2.75) is 58.0 Å². The Morgan fingerprint density at radius 2 is 1.75 bits per heavy atom. The third-order valence-corrected chi connectivity index (χ3v) is 5.26. The van der Waals surface area contributed by atoms with Gasteiger partial charge in [0, 0.05) is 31.7 Å². The summed E-state index contributed by atoms with van der Waals surface area (Å²) in [6, 6.07) is 1.76. The molecule has 1 aliphatic carbocycles. The van der Waals surface area contributed by atoms with Gasteiger partial charge in [-0.3, -0.25) is 9.80 Å². The van der Waals surface area contributed by atoms with E-state index in [1.54, 1.807) is 0 Å². The first kappa shape index (κ1) is 11.0. The van der Waals surface area contributed by atoms with Gasteiger partial charge in [0.2, 0.25) is 0 Å². The molecule has 0 aromatic carbocycles. The van der Waals surface area contributed by atoms with Crippen molar-refractivity contribution in [1.82, 2.24) is 9.80 Å². The van der Waals surface area contributed by atoms with Crippen molar-refractivity contribution in [2.75, 3.05) is 26.2 Å². The van der Waals surface area contributed by atoms with E-state index < -0.39 is 0 Å². The van der Waals surface area contributed by atoms with Crippen LogP contribution in [0.5, 0.6) is 0 Å². The highest BCUT2D eigenvalue weighted by atomic mass is 15.3. The predicted octanol–water partition coefficient (Wildman–Crippen LogP) is 2.35. The summed E-state index contributed by atoms with van der Waals surface area (Å²) < 4.78 is 0. The largest absolute Gasteiger partial charge is 0.298 e. The van der Waals surface area contributed by atoms with Gasteiger partial charge in [-0.25, -0.2) is 0 Å². The summed E-state index contributed by atoms with van der Waals surface area (Å²) in [6.45, 7) is 10.3. The SMILES string of the molecule is CC1(C)CCCC1N1CCN2CCCC2C1. The summed E-state index contributed by atoms with van der Waals surface area (Å²) in [5.74, 6) is 0. The second-order valence-corrected chi connectivity index (χ2v) is 6.72. The van der Waals surface area contributed by atoms with Gasteiger partial charge >= 0.3 is 0 Å². The molecule has 0 radical (unpaired) electrons. The molecular weight excluding hydrogens is 196 g/mol. The zero-order chi connectivity index (χ0) is 11.2. The lowest BCUT2D eigenvalue weighted by molar-refractivity contribution is 0.0362. The summed E-state index contributed by atoms with van der Waals surface area (Å²) in [5.41, 5.74) is 0.570. The number of hydrogen-bond donors (Lipinski definition) is 0. The standard InChI is InChI=1S/C14H26N2/c1-14(2)7-3-6-13(14)16-10-9-15-8-4-5-12(15)11-16/h12-13H,3-11H2,1-2H3. The summed E-state index contributed by atoms with van der Waals surface area (Å²) in [5, 5.41) is 0. The Morgan fingerprint density at radius 3 is 2.50 bits per heavy atom. The van der Waals surface area contributed by atoms with Gasteiger partial charge in [-0.05, 0) is 37.6 Å². The monoisotopic (exact) mass is 222 g/mol. The highest BCUT2D eigenvalue weighted by Gasteiger charge is 2.41. The van der Waals surface area contributed by atoms with Gasteiger partial charge in [-0.2, -0.15) is 0 Å². The van der Waals surface area contributed by atoms with Gasteiger partial charge in [-0.15, -0.1) is 0 Å². The van der Waals surface area contributed by atoms with Gasteiger partial charge in [0.15, 0.2) is 0 Å². The van der Waals surface area contributed by atoms with Crippen molar-refractivity contribution in [3.63, 3.8) is 0 Å². The molecule has 2 nitrogen and oxygen atoms in total. The van der Waals surface area contributed by atoms with E-state index in [-0.39, 0.29) is 0 Å². The van der Waals surface area contributed by atoms with E-state index in [4.69, 9.17) is 0 Å². The van der Waals surface area contributed by atoms with Crippen LogP contribution >= 0.6 is 0 Å². The van der Waals surface area contributed by atoms with Gasteiger partial charge < -0.3 is 0 Å². The van der Waals surface area contributed by atoms with E-state index in [1.807, 2.05) is 0 Å². The van der Waals surface area contributed by atoms with Gasteiger partial charge in [-0.1, -0.05) is 20.3 Å². The lowest BCUT2D eigenvalue weighted by Crippen LogP contribution is -2.55. The van der Waals surface area contributed by atoms with E-state index in [0.29, 0.717) is 5.41 Å². The molecule has 2 heteroatoms. The maximum atomic E-state index is 2.82. The van der Waals surface area contributed by atoms with Crippen molar-refractivity contribution >= 4 is 0 Å². The Bertz CT molecular complexity index is 261. The second kappa shape index (κ2) is 3.99. The Labute approximate surface area is 100.0 Å². The molecule has 2 atom stereocenters.